The molecule has 6 N–H and O–H groups in total. The van der Waals surface area contributed by atoms with Gasteiger partial charge in [-0.25, -0.2) is 0 Å². The molecule has 0 saturated heterocycles. The van der Waals surface area contributed by atoms with E-state index in [4.69, 9.17) is 4.52 Å². The van der Waals surface area contributed by atoms with Crippen LogP contribution in [-0.2, 0) is 21.9 Å². The minimum Gasteiger partial charge on any atom is -0.504 e. The van der Waals surface area contributed by atoms with Crippen LogP contribution in [0.3, 0.4) is 0 Å². The second kappa shape index (κ2) is 11.6. The van der Waals surface area contributed by atoms with E-state index in [0.717, 1.165) is 24.9 Å². The van der Waals surface area contributed by atoms with Crippen LogP contribution in [0.4, 0.5) is 0 Å². The van der Waals surface area contributed by atoms with Gasteiger partial charge in [0, 0.05) is 12.8 Å². The van der Waals surface area contributed by atoms with Crippen molar-refractivity contribution in [1.29, 1.82) is 0 Å². The first kappa shape index (κ1) is 26.8. The largest absolute Gasteiger partial charge is 0.504 e. The number of phenolic OH excluding ortho intramolecular Hbond substituents is 5. The third-order valence-electron chi connectivity index (χ3n) is 5.51. The highest BCUT2D eigenvalue weighted by Crippen LogP contribution is 2.43. The zero-order valence-electron chi connectivity index (χ0n) is 19.1. The van der Waals surface area contributed by atoms with E-state index in [2.05, 4.69) is 14.1 Å². The number of hydrogen-bond donors (Lipinski definition) is 6. The maximum Gasteiger partial charge on any atom is 0.328 e. The van der Waals surface area contributed by atoms with E-state index in [1.165, 1.54) is 18.2 Å². The second-order valence-electron chi connectivity index (χ2n) is 8.94. The van der Waals surface area contributed by atoms with Crippen molar-refractivity contribution < 1.29 is 44.0 Å². The molecule has 0 aromatic heterocycles. The molecule has 0 bridgehead atoms. The van der Waals surface area contributed by atoms with Crippen LogP contribution in [-0.4, -0.2) is 74.9 Å². The quantitative estimate of drug-likeness (QED) is 0.110. The average molecular weight is 485 g/mol. The van der Waals surface area contributed by atoms with Gasteiger partial charge in [-0.3, -0.25) is 4.57 Å². The molecule has 0 spiro atoms. The molecular formula is C23H35NO8P+. The predicted molar refractivity (Wildman–Crippen MR) is 125 cm³/mol. The Kier molecular flexibility index (Phi) is 9.43. The number of phenols is 5. The van der Waals surface area contributed by atoms with Crippen molar-refractivity contribution in [2.75, 3.05) is 40.0 Å². The van der Waals surface area contributed by atoms with E-state index in [0.29, 0.717) is 35.9 Å². The highest BCUT2D eigenvalue weighted by Gasteiger charge is 2.22. The Morgan fingerprint density at radius 1 is 0.788 bits per heavy atom. The number of aromatic hydroxyl groups is 5. The summed E-state index contributed by atoms with van der Waals surface area (Å²) in [6, 6.07) is 7.47. The normalized spacial score (nSPS) is 13.7. The van der Waals surface area contributed by atoms with E-state index in [1.807, 2.05) is 0 Å². The molecule has 0 radical (unpaired) electrons. The fourth-order valence-corrected chi connectivity index (χ4v) is 4.68. The molecule has 2 rings (SSSR count). The third kappa shape index (κ3) is 9.14. The van der Waals surface area contributed by atoms with Crippen LogP contribution in [0.2, 0.25) is 0 Å². The summed E-state index contributed by atoms with van der Waals surface area (Å²) in [5.74, 6) is -1.67. The molecule has 0 aliphatic carbocycles. The van der Waals surface area contributed by atoms with Gasteiger partial charge in [-0.2, -0.15) is 0 Å². The van der Waals surface area contributed by atoms with Crippen LogP contribution in [0.5, 0.6) is 28.7 Å². The number of benzene rings is 2. The first-order valence-electron chi connectivity index (χ1n) is 10.9. The van der Waals surface area contributed by atoms with E-state index >= 15 is 0 Å². The summed E-state index contributed by atoms with van der Waals surface area (Å²) in [6.07, 6.45) is 3.04. The van der Waals surface area contributed by atoms with Gasteiger partial charge in [0.2, 0.25) is 0 Å². The van der Waals surface area contributed by atoms with Crippen molar-refractivity contribution >= 4 is 7.60 Å². The van der Waals surface area contributed by atoms with E-state index in [-0.39, 0.29) is 24.3 Å². The van der Waals surface area contributed by atoms with Crippen molar-refractivity contribution in [1.82, 2.24) is 0 Å². The highest BCUT2D eigenvalue weighted by atomic mass is 31.2. The molecule has 9 nitrogen and oxygen atoms in total. The van der Waals surface area contributed by atoms with Gasteiger partial charge in [-0.05, 0) is 54.7 Å². The van der Waals surface area contributed by atoms with Crippen molar-refractivity contribution in [2.45, 2.75) is 32.1 Å². The van der Waals surface area contributed by atoms with Crippen molar-refractivity contribution in [3.05, 3.63) is 41.5 Å². The number of rotatable bonds is 13. The highest BCUT2D eigenvalue weighted by molar-refractivity contribution is 7.52. The molecule has 1 unspecified atom stereocenters. The fourth-order valence-electron chi connectivity index (χ4n) is 3.60. The molecule has 10 heteroatoms. The summed E-state index contributed by atoms with van der Waals surface area (Å²) in [5.41, 5.74) is 1.53. The number of nitrogens with zero attached hydrogens (tertiary/aromatic N) is 1. The Bertz CT molecular complexity index is 956. The smallest absolute Gasteiger partial charge is 0.328 e. The Morgan fingerprint density at radius 3 is 2.00 bits per heavy atom. The summed E-state index contributed by atoms with van der Waals surface area (Å²) in [6.45, 7) is 1.62. The molecule has 0 aliphatic heterocycles. The lowest BCUT2D eigenvalue weighted by Crippen LogP contribution is -2.41. The topological polar surface area (TPSA) is 148 Å². The molecule has 1 atom stereocenters. The van der Waals surface area contributed by atoms with Crippen molar-refractivity contribution in [3.8, 4) is 28.7 Å². The lowest BCUT2D eigenvalue weighted by atomic mass is 10.1. The van der Waals surface area contributed by atoms with Crippen molar-refractivity contribution in [3.63, 3.8) is 0 Å². The molecule has 2 aromatic rings. The predicted octanol–water partition coefficient (Wildman–Crippen LogP) is 3.45. The fraction of sp³-hybridized carbons (Fsp3) is 0.478. The first-order chi connectivity index (χ1) is 15.4. The molecule has 0 fully saturated rings. The monoisotopic (exact) mass is 484 g/mol. The summed E-state index contributed by atoms with van der Waals surface area (Å²) < 4.78 is 18.2. The lowest BCUT2D eigenvalue weighted by Gasteiger charge is -2.30. The van der Waals surface area contributed by atoms with Gasteiger partial charge in [0.25, 0.3) is 0 Å². The van der Waals surface area contributed by atoms with Crippen LogP contribution < -0.4 is 0 Å². The van der Waals surface area contributed by atoms with E-state index < -0.39 is 24.8 Å². The van der Waals surface area contributed by atoms with Crippen LogP contribution in [0.1, 0.15) is 30.4 Å². The average Bonchev–Trinajstić information content (AvgIpc) is 2.71. The SMILES string of the molecule is C[N+](C)(CCCc1ccc(O)c(O)c1)CCCP(=O)(O)OCCCc1cc(O)c(O)c(O)c1. The Morgan fingerprint density at radius 2 is 1.36 bits per heavy atom. The van der Waals surface area contributed by atoms with Gasteiger partial charge in [0.05, 0.1) is 40.0 Å². The Hall–Kier alpha value is -2.45. The standard InChI is InChI=1S/C23H34NO8P/c1-24(2,10-3-6-17-8-9-19(25)20(26)14-17)11-5-13-33(30,31)32-12-4-7-18-15-21(27)23(29)22(28)16-18/h8-9,14-16H,3-7,10-13H2,1-2H3,(H5-,25,26,27,28,29,30,31)/p+1. The third-order valence-corrected chi connectivity index (χ3v) is 6.97. The maximum absolute atomic E-state index is 12.3. The number of hydrogen-bond acceptors (Lipinski definition) is 7. The van der Waals surface area contributed by atoms with E-state index in [1.54, 1.807) is 12.1 Å². The van der Waals surface area contributed by atoms with Gasteiger partial charge < -0.3 is 39.4 Å². The first-order valence-corrected chi connectivity index (χ1v) is 12.7. The van der Waals surface area contributed by atoms with Crippen LogP contribution >= 0.6 is 7.60 Å². The van der Waals surface area contributed by atoms with Crippen molar-refractivity contribution in [2.24, 2.45) is 0 Å². The summed E-state index contributed by atoms with van der Waals surface area (Å²) in [4.78, 5) is 10.1. The lowest BCUT2D eigenvalue weighted by molar-refractivity contribution is -0.890. The molecule has 33 heavy (non-hydrogen) atoms. The summed E-state index contributed by atoms with van der Waals surface area (Å²) in [5, 5.41) is 47.3. The Labute approximate surface area is 194 Å². The Balaban J connectivity index is 1.66. The van der Waals surface area contributed by atoms with Gasteiger partial charge in [0.1, 0.15) is 0 Å². The number of quaternary nitrogens is 1. The molecular weight excluding hydrogens is 449 g/mol. The maximum atomic E-state index is 12.3. The molecule has 184 valence electrons. The minimum absolute atomic E-state index is 0.0568. The van der Waals surface area contributed by atoms with Crippen LogP contribution in [0, 0.1) is 0 Å². The van der Waals surface area contributed by atoms with Crippen LogP contribution in [0.25, 0.3) is 0 Å². The van der Waals surface area contributed by atoms with E-state index in [9.17, 15) is 35.0 Å². The molecule has 0 amide bonds. The zero-order chi connectivity index (χ0) is 24.6. The summed E-state index contributed by atoms with van der Waals surface area (Å²) >= 11 is 0. The minimum atomic E-state index is -3.71. The molecule has 0 aliphatic rings. The van der Waals surface area contributed by atoms with Gasteiger partial charge >= 0.3 is 7.60 Å². The number of aryl methyl sites for hydroxylation is 2. The second-order valence-corrected chi connectivity index (χ2v) is 10.9. The van der Waals surface area contributed by atoms with Gasteiger partial charge in [-0.15, -0.1) is 0 Å². The summed E-state index contributed by atoms with van der Waals surface area (Å²) in [7, 11) is 0.400. The zero-order valence-corrected chi connectivity index (χ0v) is 20.0. The molecule has 2 aromatic carbocycles. The van der Waals surface area contributed by atoms with Gasteiger partial charge in [0.15, 0.2) is 28.7 Å². The van der Waals surface area contributed by atoms with Crippen LogP contribution in [0.15, 0.2) is 30.3 Å². The molecule has 0 saturated carbocycles. The van der Waals surface area contributed by atoms with Gasteiger partial charge in [-0.1, -0.05) is 6.07 Å². The molecule has 0 heterocycles.